The maximum atomic E-state index is 13.4. The van der Waals surface area contributed by atoms with Gasteiger partial charge in [-0.3, -0.25) is 15.1 Å². The van der Waals surface area contributed by atoms with Crippen LogP contribution in [0.2, 0.25) is 0 Å². The number of carbonyl (C=O) groups is 1. The Labute approximate surface area is 135 Å². The lowest BCUT2D eigenvalue weighted by molar-refractivity contribution is -0.384. The van der Waals surface area contributed by atoms with Crippen molar-refractivity contribution in [2.24, 2.45) is 5.10 Å². The lowest BCUT2D eigenvalue weighted by atomic mass is 9.99. The lowest BCUT2D eigenvalue weighted by Crippen LogP contribution is -2.25. The Bertz CT molecular complexity index is 838. The number of aromatic nitrogens is 1. The van der Waals surface area contributed by atoms with Crippen molar-refractivity contribution in [1.82, 2.24) is 9.99 Å². The first kappa shape index (κ1) is 15.5. The first-order chi connectivity index (χ1) is 11.5. The summed E-state index contributed by atoms with van der Waals surface area (Å²) in [4.78, 5) is 25.3. The third kappa shape index (κ3) is 2.91. The zero-order valence-corrected chi connectivity index (χ0v) is 12.2. The minimum absolute atomic E-state index is 0.0710. The molecule has 8 nitrogen and oxygen atoms in total. The smallest absolute Gasteiger partial charge is 0.428 e. The van der Waals surface area contributed by atoms with E-state index in [1.54, 1.807) is 0 Å². The third-order valence-corrected chi connectivity index (χ3v) is 3.63. The van der Waals surface area contributed by atoms with Crippen LogP contribution in [0.4, 0.5) is 14.9 Å². The molecule has 1 aliphatic rings. The van der Waals surface area contributed by atoms with Crippen LogP contribution in [0.15, 0.2) is 47.8 Å². The molecular weight excluding hydrogens is 319 g/mol. The molecular formula is C15H11FN4O4. The van der Waals surface area contributed by atoms with Gasteiger partial charge < -0.3 is 5.11 Å². The van der Waals surface area contributed by atoms with E-state index in [4.69, 9.17) is 0 Å². The van der Waals surface area contributed by atoms with Gasteiger partial charge in [0, 0.05) is 24.8 Å². The number of pyridine rings is 1. The van der Waals surface area contributed by atoms with Gasteiger partial charge in [-0.15, -0.1) is 0 Å². The normalized spacial score (nSPS) is 16.8. The summed E-state index contributed by atoms with van der Waals surface area (Å²) in [6, 6.07) is 6.16. The summed E-state index contributed by atoms with van der Waals surface area (Å²) in [5.41, 5.74) is 1.33. The molecule has 1 aliphatic heterocycles. The molecule has 122 valence electrons. The van der Waals surface area contributed by atoms with Gasteiger partial charge in [-0.2, -0.15) is 10.1 Å². The number of amides is 1. The SMILES string of the molecule is O=C(O)N1N=C(c2ccc([N+](=O)[O-])cc2)CC1c1cncc(F)c1. The van der Waals surface area contributed by atoms with E-state index in [0.717, 1.165) is 11.2 Å². The Hall–Kier alpha value is -3.36. The van der Waals surface area contributed by atoms with Crippen LogP contribution in [0.5, 0.6) is 0 Å². The van der Waals surface area contributed by atoms with Crippen molar-refractivity contribution in [1.29, 1.82) is 0 Å². The van der Waals surface area contributed by atoms with Crippen LogP contribution in [-0.4, -0.2) is 31.8 Å². The number of benzene rings is 1. The van der Waals surface area contributed by atoms with E-state index in [9.17, 15) is 24.4 Å². The summed E-state index contributed by atoms with van der Waals surface area (Å²) in [7, 11) is 0. The summed E-state index contributed by atoms with van der Waals surface area (Å²) < 4.78 is 13.4. The average Bonchev–Trinajstić information content (AvgIpc) is 3.00. The van der Waals surface area contributed by atoms with Crippen LogP contribution in [0.25, 0.3) is 0 Å². The van der Waals surface area contributed by atoms with E-state index in [-0.39, 0.29) is 12.1 Å². The van der Waals surface area contributed by atoms with Crippen molar-refractivity contribution in [3.63, 3.8) is 0 Å². The van der Waals surface area contributed by atoms with Gasteiger partial charge in [0.1, 0.15) is 5.82 Å². The molecule has 9 heteroatoms. The number of nitrogens with zero attached hydrogens (tertiary/aromatic N) is 4. The van der Waals surface area contributed by atoms with Crippen molar-refractivity contribution in [3.8, 4) is 0 Å². The highest BCUT2D eigenvalue weighted by molar-refractivity contribution is 6.02. The number of nitro groups is 1. The molecule has 0 saturated carbocycles. The summed E-state index contributed by atoms with van der Waals surface area (Å²) in [6.45, 7) is 0. The molecule has 0 bridgehead atoms. The van der Waals surface area contributed by atoms with Crippen molar-refractivity contribution in [3.05, 3.63) is 69.8 Å². The number of hydrogen-bond donors (Lipinski definition) is 1. The Balaban J connectivity index is 1.92. The van der Waals surface area contributed by atoms with Gasteiger partial charge >= 0.3 is 6.09 Å². The minimum Gasteiger partial charge on any atom is -0.464 e. The number of nitro benzene ring substituents is 1. The Morgan fingerprint density at radius 1 is 1.33 bits per heavy atom. The summed E-state index contributed by atoms with van der Waals surface area (Å²) in [5, 5.41) is 24.9. The molecule has 0 aliphatic carbocycles. The van der Waals surface area contributed by atoms with Crippen LogP contribution in [0, 0.1) is 15.9 Å². The molecule has 0 radical (unpaired) electrons. The van der Waals surface area contributed by atoms with Crippen LogP contribution in [0.3, 0.4) is 0 Å². The maximum absolute atomic E-state index is 13.4. The molecule has 0 saturated heterocycles. The number of non-ortho nitro benzene ring substituents is 1. The molecule has 1 N–H and O–H groups in total. The highest BCUT2D eigenvalue weighted by atomic mass is 19.1. The fourth-order valence-electron chi connectivity index (χ4n) is 2.51. The van der Waals surface area contributed by atoms with E-state index in [2.05, 4.69) is 10.1 Å². The average molecular weight is 330 g/mol. The van der Waals surface area contributed by atoms with Crippen LogP contribution >= 0.6 is 0 Å². The number of halogens is 1. The fraction of sp³-hybridized carbons (Fsp3) is 0.133. The van der Waals surface area contributed by atoms with E-state index in [0.29, 0.717) is 16.8 Å². The van der Waals surface area contributed by atoms with Gasteiger partial charge in [0.2, 0.25) is 0 Å². The first-order valence-electron chi connectivity index (χ1n) is 6.90. The monoisotopic (exact) mass is 330 g/mol. The van der Waals surface area contributed by atoms with Gasteiger partial charge in [-0.05, 0) is 29.3 Å². The van der Waals surface area contributed by atoms with Crippen molar-refractivity contribution in [2.45, 2.75) is 12.5 Å². The second-order valence-corrected chi connectivity index (χ2v) is 5.13. The molecule has 24 heavy (non-hydrogen) atoms. The highest BCUT2D eigenvalue weighted by Gasteiger charge is 2.33. The Morgan fingerprint density at radius 3 is 2.62 bits per heavy atom. The Kier molecular flexibility index (Phi) is 3.90. The van der Waals surface area contributed by atoms with Gasteiger partial charge in [-0.25, -0.2) is 9.18 Å². The number of carboxylic acid groups (broad SMARTS) is 1. The van der Waals surface area contributed by atoms with Gasteiger partial charge in [0.15, 0.2) is 0 Å². The molecule has 2 heterocycles. The second kappa shape index (κ2) is 6.03. The van der Waals surface area contributed by atoms with E-state index in [1.165, 1.54) is 36.5 Å². The molecule has 0 fully saturated rings. The zero-order valence-electron chi connectivity index (χ0n) is 12.2. The van der Waals surface area contributed by atoms with Gasteiger partial charge in [0.25, 0.3) is 5.69 Å². The maximum Gasteiger partial charge on any atom is 0.428 e. The molecule has 1 atom stereocenters. The molecule has 1 amide bonds. The predicted octanol–water partition coefficient (Wildman–Crippen LogP) is 2.96. The first-order valence-corrected chi connectivity index (χ1v) is 6.90. The largest absolute Gasteiger partial charge is 0.464 e. The molecule has 0 spiro atoms. The molecule has 1 aromatic heterocycles. The number of hydrazone groups is 1. The van der Waals surface area contributed by atoms with Gasteiger partial charge in [0.05, 0.1) is 22.9 Å². The van der Waals surface area contributed by atoms with Crippen molar-refractivity contribution >= 4 is 17.5 Å². The minimum atomic E-state index is -1.28. The molecule has 1 aromatic carbocycles. The predicted molar refractivity (Wildman–Crippen MR) is 81.1 cm³/mol. The van der Waals surface area contributed by atoms with Crippen LogP contribution in [0.1, 0.15) is 23.6 Å². The second-order valence-electron chi connectivity index (χ2n) is 5.13. The summed E-state index contributed by atoms with van der Waals surface area (Å²) in [6.07, 6.45) is 1.36. The van der Waals surface area contributed by atoms with Crippen molar-refractivity contribution in [2.75, 3.05) is 0 Å². The fourth-order valence-corrected chi connectivity index (χ4v) is 2.51. The van der Waals surface area contributed by atoms with Crippen LogP contribution in [-0.2, 0) is 0 Å². The summed E-state index contributed by atoms with van der Waals surface area (Å²) in [5.74, 6) is -0.568. The molecule has 1 unspecified atom stereocenters. The van der Waals surface area contributed by atoms with Crippen LogP contribution < -0.4 is 0 Å². The standard InChI is InChI=1S/C15H11FN4O4/c16-11-5-10(7-17-8-11)14-6-13(18-19(14)15(21)22)9-1-3-12(4-2-9)20(23)24/h1-5,7-8,14H,6H2,(H,21,22). The lowest BCUT2D eigenvalue weighted by Gasteiger charge is -2.18. The van der Waals surface area contributed by atoms with Gasteiger partial charge in [-0.1, -0.05) is 0 Å². The third-order valence-electron chi connectivity index (χ3n) is 3.63. The highest BCUT2D eigenvalue weighted by Crippen LogP contribution is 2.32. The number of hydrogen-bond acceptors (Lipinski definition) is 5. The summed E-state index contributed by atoms with van der Waals surface area (Å²) >= 11 is 0. The quantitative estimate of drug-likeness (QED) is 0.687. The Morgan fingerprint density at radius 2 is 2.04 bits per heavy atom. The van der Waals surface area contributed by atoms with E-state index >= 15 is 0 Å². The topological polar surface area (TPSA) is 109 Å². The zero-order chi connectivity index (χ0) is 17.3. The molecule has 3 rings (SSSR count). The van der Waals surface area contributed by atoms with E-state index < -0.39 is 22.9 Å². The molecule has 2 aromatic rings. The van der Waals surface area contributed by atoms with E-state index in [1.807, 2.05) is 0 Å². The van der Waals surface area contributed by atoms with Crippen molar-refractivity contribution < 1.29 is 19.2 Å². The number of rotatable bonds is 3.